The molecule has 0 saturated carbocycles. The highest BCUT2D eigenvalue weighted by atomic mass is 32.2. The molecule has 0 aliphatic carbocycles. The van der Waals surface area contributed by atoms with Gasteiger partial charge in [0.25, 0.3) is 5.91 Å². The van der Waals surface area contributed by atoms with Crippen molar-refractivity contribution < 1.29 is 9.53 Å². The first kappa shape index (κ1) is 22.2. The van der Waals surface area contributed by atoms with Crippen molar-refractivity contribution in [3.63, 3.8) is 0 Å². The Morgan fingerprint density at radius 3 is 2.53 bits per heavy atom. The second kappa shape index (κ2) is 10.0. The first-order valence-corrected chi connectivity index (χ1v) is 11.9. The van der Waals surface area contributed by atoms with E-state index in [1.54, 1.807) is 4.90 Å². The van der Waals surface area contributed by atoms with Gasteiger partial charge in [0, 0.05) is 12.1 Å². The average molecular weight is 445 g/mol. The molecule has 32 heavy (non-hydrogen) atoms. The van der Waals surface area contributed by atoms with Crippen LogP contribution in [0.4, 0.5) is 5.69 Å². The Morgan fingerprint density at radius 1 is 1.00 bits per heavy atom. The molecule has 0 N–H and O–H groups in total. The Labute approximate surface area is 194 Å². The maximum Gasteiger partial charge on any atom is 0.266 e. The largest absolute Gasteiger partial charge is 0.493 e. The second-order valence-electron chi connectivity index (χ2n) is 7.84. The fourth-order valence-electron chi connectivity index (χ4n) is 3.64. The summed E-state index contributed by atoms with van der Waals surface area (Å²) in [6.07, 6.45) is 3.76. The minimum absolute atomic E-state index is 0.00270. The molecule has 3 aromatic carbocycles. The Morgan fingerprint density at radius 2 is 1.78 bits per heavy atom. The standard InChI is InChI=1S/C27H28N2O2S/c1-4-16-29-26(30)25(32-27(29)28-21-13-10-19(3)11-14-21)18-23-22-9-7-6-8-20(22)12-15-24(23)31-17-5-2/h6-15,18H,4-5,16-17H2,1-3H3/b25-18+,28-27?. The Balaban J connectivity index is 1.77. The molecule has 0 radical (unpaired) electrons. The van der Waals surface area contributed by atoms with Crippen LogP contribution in [0.1, 0.15) is 37.8 Å². The van der Waals surface area contributed by atoms with Crippen molar-refractivity contribution in [1.82, 2.24) is 4.90 Å². The predicted molar refractivity (Wildman–Crippen MR) is 136 cm³/mol. The zero-order valence-corrected chi connectivity index (χ0v) is 19.6. The van der Waals surface area contributed by atoms with Gasteiger partial charge in [-0.05, 0) is 66.6 Å². The summed E-state index contributed by atoms with van der Waals surface area (Å²) in [5.74, 6) is 0.800. The molecular formula is C27H28N2O2S. The molecule has 0 spiro atoms. The molecule has 4 nitrogen and oxygen atoms in total. The lowest BCUT2D eigenvalue weighted by Gasteiger charge is -2.14. The highest BCUT2D eigenvalue weighted by molar-refractivity contribution is 8.18. The van der Waals surface area contributed by atoms with Gasteiger partial charge in [0.15, 0.2) is 5.17 Å². The van der Waals surface area contributed by atoms with Crippen LogP contribution >= 0.6 is 11.8 Å². The third-order valence-electron chi connectivity index (χ3n) is 5.26. The third-order valence-corrected chi connectivity index (χ3v) is 6.27. The van der Waals surface area contributed by atoms with Crippen molar-refractivity contribution in [3.05, 3.63) is 76.7 Å². The average Bonchev–Trinajstić information content (AvgIpc) is 3.09. The maximum atomic E-state index is 13.3. The van der Waals surface area contributed by atoms with Gasteiger partial charge in [-0.2, -0.15) is 0 Å². The van der Waals surface area contributed by atoms with Gasteiger partial charge >= 0.3 is 0 Å². The SMILES string of the molecule is CCCOc1ccc2ccccc2c1/C=C1/SC(=Nc2ccc(C)cc2)N(CCC)C1=O. The summed E-state index contributed by atoms with van der Waals surface area (Å²) >= 11 is 1.43. The van der Waals surface area contributed by atoms with Crippen LogP contribution in [0.25, 0.3) is 16.8 Å². The minimum atomic E-state index is -0.00270. The van der Waals surface area contributed by atoms with Crippen molar-refractivity contribution >= 4 is 45.4 Å². The Kier molecular flexibility index (Phi) is 6.96. The van der Waals surface area contributed by atoms with Crippen LogP contribution in [-0.4, -0.2) is 29.1 Å². The summed E-state index contributed by atoms with van der Waals surface area (Å²) in [4.78, 5) is 20.6. The second-order valence-corrected chi connectivity index (χ2v) is 8.85. The van der Waals surface area contributed by atoms with Crippen LogP contribution in [-0.2, 0) is 4.79 Å². The van der Waals surface area contributed by atoms with Gasteiger partial charge in [0.1, 0.15) is 5.75 Å². The van der Waals surface area contributed by atoms with Crippen molar-refractivity contribution in [2.24, 2.45) is 4.99 Å². The first-order valence-electron chi connectivity index (χ1n) is 11.1. The summed E-state index contributed by atoms with van der Waals surface area (Å²) in [5, 5.41) is 2.92. The predicted octanol–water partition coefficient (Wildman–Crippen LogP) is 6.95. The van der Waals surface area contributed by atoms with Gasteiger partial charge in [0.2, 0.25) is 0 Å². The zero-order valence-electron chi connectivity index (χ0n) is 18.8. The maximum absolute atomic E-state index is 13.3. The number of aryl methyl sites for hydroxylation is 1. The van der Waals surface area contributed by atoms with E-state index in [1.165, 1.54) is 17.3 Å². The highest BCUT2D eigenvalue weighted by Crippen LogP contribution is 2.38. The zero-order chi connectivity index (χ0) is 22.5. The molecule has 1 amide bonds. The lowest BCUT2D eigenvalue weighted by molar-refractivity contribution is -0.122. The van der Waals surface area contributed by atoms with E-state index in [4.69, 9.17) is 9.73 Å². The fourth-order valence-corrected chi connectivity index (χ4v) is 4.64. The Bertz CT molecular complexity index is 1180. The summed E-state index contributed by atoms with van der Waals surface area (Å²) in [7, 11) is 0. The number of benzene rings is 3. The van der Waals surface area contributed by atoms with Gasteiger partial charge in [0.05, 0.1) is 17.2 Å². The molecule has 1 saturated heterocycles. The van der Waals surface area contributed by atoms with E-state index in [0.29, 0.717) is 18.1 Å². The van der Waals surface area contributed by atoms with E-state index in [2.05, 4.69) is 39.0 Å². The minimum Gasteiger partial charge on any atom is -0.493 e. The topological polar surface area (TPSA) is 41.9 Å². The molecule has 1 fully saturated rings. The molecule has 0 unspecified atom stereocenters. The fraction of sp³-hybridized carbons (Fsp3) is 0.259. The van der Waals surface area contributed by atoms with Crippen LogP contribution in [0, 0.1) is 6.92 Å². The molecule has 1 aliphatic heterocycles. The van der Waals surface area contributed by atoms with E-state index in [1.807, 2.05) is 48.5 Å². The number of thioether (sulfide) groups is 1. The highest BCUT2D eigenvalue weighted by Gasteiger charge is 2.33. The van der Waals surface area contributed by atoms with Crippen molar-refractivity contribution in [2.75, 3.05) is 13.2 Å². The number of amides is 1. The monoisotopic (exact) mass is 444 g/mol. The normalized spacial score (nSPS) is 16.5. The summed E-state index contributed by atoms with van der Waals surface area (Å²) in [6.45, 7) is 7.49. The number of amidine groups is 1. The van der Waals surface area contributed by atoms with Crippen LogP contribution in [0.15, 0.2) is 70.6 Å². The lowest BCUT2D eigenvalue weighted by Crippen LogP contribution is -2.29. The number of ether oxygens (including phenoxy) is 1. The van der Waals surface area contributed by atoms with Gasteiger partial charge in [-0.3, -0.25) is 9.69 Å². The van der Waals surface area contributed by atoms with E-state index in [9.17, 15) is 4.79 Å². The van der Waals surface area contributed by atoms with Crippen LogP contribution < -0.4 is 4.74 Å². The third kappa shape index (κ3) is 4.73. The number of carbonyl (C=O) groups is 1. The molecule has 0 aromatic heterocycles. The molecular weight excluding hydrogens is 416 g/mol. The van der Waals surface area contributed by atoms with Crippen molar-refractivity contribution in [3.8, 4) is 5.75 Å². The van der Waals surface area contributed by atoms with E-state index in [0.717, 1.165) is 45.8 Å². The van der Waals surface area contributed by atoms with Gasteiger partial charge in [-0.1, -0.05) is 61.9 Å². The molecule has 164 valence electrons. The van der Waals surface area contributed by atoms with Crippen LogP contribution in [0.3, 0.4) is 0 Å². The number of aliphatic imine (C=N–C) groups is 1. The molecule has 1 heterocycles. The number of fused-ring (bicyclic) bond motifs is 1. The van der Waals surface area contributed by atoms with Crippen LogP contribution in [0.2, 0.25) is 0 Å². The number of nitrogens with zero attached hydrogens (tertiary/aromatic N) is 2. The van der Waals surface area contributed by atoms with Crippen molar-refractivity contribution in [1.29, 1.82) is 0 Å². The first-order chi connectivity index (χ1) is 15.6. The molecule has 3 aromatic rings. The number of hydrogen-bond acceptors (Lipinski definition) is 4. The van der Waals surface area contributed by atoms with Gasteiger partial charge < -0.3 is 4.74 Å². The van der Waals surface area contributed by atoms with Gasteiger partial charge in [-0.15, -0.1) is 0 Å². The Hall–Kier alpha value is -3.05. The van der Waals surface area contributed by atoms with Crippen molar-refractivity contribution in [2.45, 2.75) is 33.6 Å². The summed E-state index contributed by atoms with van der Waals surface area (Å²) in [5.41, 5.74) is 2.98. The molecule has 5 heteroatoms. The summed E-state index contributed by atoms with van der Waals surface area (Å²) in [6, 6.07) is 20.3. The number of hydrogen-bond donors (Lipinski definition) is 0. The van der Waals surface area contributed by atoms with E-state index >= 15 is 0 Å². The number of carbonyl (C=O) groups excluding carboxylic acids is 1. The van der Waals surface area contributed by atoms with E-state index in [-0.39, 0.29) is 5.91 Å². The molecule has 1 aliphatic rings. The summed E-state index contributed by atoms with van der Waals surface area (Å²) < 4.78 is 6.04. The quantitative estimate of drug-likeness (QED) is 0.370. The smallest absolute Gasteiger partial charge is 0.266 e. The van der Waals surface area contributed by atoms with Gasteiger partial charge in [-0.25, -0.2) is 4.99 Å². The van der Waals surface area contributed by atoms with Crippen LogP contribution in [0.5, 0.6) is 5.75 Å². The molecule has 0 bridgehead atoms. The molecule has 4 rings (SSSR count). The van der Waals surface area contributed by atoms with E-state index < -0.39 is 0 Å². The molecule has 0 atom stereocenters. The number of rotatable bonds is 7. The lowest BCUT2D eigenvalue weighted by atomic mass is 10.0.